The molecule has 0 saturated carbocycles. The topological polar surface area (TPSA) is 78.6 Å². The van der Waals surface area contributed by atoms with Gasteiger partial charge in [-0.2, -0.15) is 0 Å². The summed E-state index contributed by atoms with van der Waals surface area (Å²) in [5.74, 6) is 0. The van der Waals surface area contributed by atoms with Gasteiger partial charge in [-0.3, -0.25) is 4.79 Å². The van der Waals surface area contributed by atoms with Gasteiger partial charge in [0.1, 0.15) is 11.9 Å². The van der Waals surface area contributed by atoms with Crippen molar-refractivity contribution in [2.75, 3.05) is 0 Å². The molecule has 2 aromatic rings. The highest BCUT2D eigenvalue weighted by molar-refractivity contribution is 9.10. The lowest BCUT2D eigenvalue weighted by Gasteiger charge is -1.90. The highest BCUT2D eigenvalue weighted by atomic mass is 79.9. The molecule has 2 rings (SSSR count). The monoisotopic (exact) mass is 255 g/mol. The zero-order valence-corrected chi connectivity index (χ0v) is 8.59. The fourth-order valence-electron chi connectivity index (χ4n) is 1.34. The van der Waals surface area contributed by atoms with Gasteiger partial charge in [0.25, 0.3) is 5.56 Å². The molecular formula is C8H6BrN3O2. The summed E-state index contributed by atoms with van der Waals surface area (Å²) < 4.78 is 0.629. The van der Waals surface area contributed by atoms with Gasteiger partial charge >= 0.3 is 0 Å². The number of aromatic amines is 2. The van der Waals surface area contributed by atoms with Crippen LogP contribution in [0.5, 0.6) is 0 Å². The molecule has 0 atom stereocenters. The van der Waals surface area contributed by atoms with Crippen LogP contribution in [0.2, 0.25) is 0 Å². The van der Waals surface area contributed by atoms with E-state index in [1.807, 2.05) is 0 Å². The van der Waals surface area contributed by atoms with E-state index in [-0.39, 0.29) is 12.0 Å². The molecule has 14 heavy (non-hydrogen) atoms. The normalized spacial score (nSPS) is 10.6. The number of carbonyl (C=O) groups is 1. The van der Waals surface area contributed by atoms with Crippen LogP contribution >= 0.6 is 15.9 Å². The predicted octanol–water partition coefficient (Wildman–Crippen LogP) is 0.755. The first-order chi connectivity index (χ1) is 6.74. The van der Waals surface area contributed by atoms with Crippen molar-refractivity contribution in [3.63, 3.8) is 0 Å². The van der Waals surface area contributed by atoms with Crippen molar-refractivity contribution in [1.82, 2.24) is 15.0 Å². The molecule has 2 heterocycles. The van der Waals surface area contributed by atoms with Crippen LogP contribution in [-0.4, -0.2) is 21.2 Å². The Bertz CT molecular complexity index is 543. The van der Waals surface area contributed by atoms with Crippen LogP contribution in [0.3, 0.4) is 0 Å². The molecule has 2 aromatic heterocycles. The van der Waals surface area contributed by atoms with E-state index < -0.39 is 0 Å². The van der Waals surface area contributed by atoms with Crippen molar-refractivity contribution in [2.24, 2.45) is 0 Å². The van der Waals surface area contributed by atoms with Crippen LogP contribution in [0.25, 0.3) is 11.0 Å². The van der Waals surface area contributed by atoms with Crippen molar-refractivity contribution in [3.05, 3.63) is 26.8 Å². The van der Waals surface area contributed by atoms with E-state index in [4.69, 9.17) is 0 Å². The first-order valence-corrected chi connectivity index (χ1v) is 4.70. The van der Waals surface area contributed by atoms with Crippen molar-refractivity contribution in [3.8, 4) is 0 Å². The molecule has 0 aliphatic heterocycles. The number of aldehydes is 1. The number of hydrogen-bond donors (Lipinski definition) is 2. The van der Waals surface area contributed by atoms with E-state index >= 15 is 0 Å². The third kappa shape index (κ3) is 1.27. The first-order valence-electron chi connectivity index (χ1n) is 3.91. The third-order valence-corrected chi connectivity index (χ3v) is 2.61. The minimum absolute atomic E-state index is 0.190. The molecule has 0 aliphatic rings. The SMILES string of the molecule is O=CCc1c(Br)[nH]c2nc[nH]c(=O)c12. The van der Waals surface area contributed by atoms with E-state index in [1.54, 1.807) is 0 Å². The van der Waals surface area contributed by atoms with E-state index in [0.29, 0.717) is 21.2 Å². The molecule has 0 saturated heterocycles. The Morgan fingerprint density at radius 2 is 2.36 bits per heavy atom. The minimum atomic E-state index is -0.242. The standard InChI is InChI=1S/C8H6BrN3O2/c9-6-4(1-2-13)5-7(12-6)10-3-11-8(5)14/h2-3H,1H2,(H2,10,11,12,14). The Morgan fingerprint density at radius 3 is 3.07 bits per heavy atom. The lowest BCUT2D eigenvalue weighted by atomic mass is 10.2. The summed E-state index contributed by atoms with van der Waals surface area (Å²) in [6.45, 7) is 0. The number of hydrogen-bond acceptors (Lipinski definition) is 3. The van der Waals surface area contributed by atoms with Gasteiger partial charge in [-0.15, -0.1) is 0 Å². The lowest BCUT2D eigenvalue weighted by Crippen LogP contribution is -2.06. The fourth-order valence-corrected chi connectivity index (χ4v) is 1.89. The van der Waals surface area contributed by atoms with E-state index in [0.717, 1.165) is 6.29 Å². The molecule has 0 spiro atoms. The molecule has 5 nitrogen and oxygen atoms in total. The Kier molecular flexibility index (Phi) is 2.20. The van der Waals surface area contributed by atoms with Crippen molar-refractivity contribution < 1.29 is 4.79 Å². The molecule has 6 heteroatoms. The molecule has 0 aliphatic carbocycles. The zero-order valence-electron chi connectivity index (χ0n) is 7.00. The van der Waals surface area contributed by atoms with Crippen molar-refractivity contribution in [1.29, 1.82) is 0 Å². The molecule has 0 amide bonds. The lowest BCUT2D eigenvalue weighted by molar-refractivity contribution is -0.107. The summed E-state index contributed by atoms with van der Waals surface area (Å²) in [5.41, 5.74) is 0.885. The Morgan fingerprint density at radius 1 is 1.57 bits per heavy atom. The van der Waals surface area contributed by atoms with Gasteiger partial charge in [0.2, 0.25) is 0 Å². The summed E-state index contributed by atoms with van der Waals surface area (Å²) >= 11 is 3.24. The quantitative estimate of drug-likeness (QED) is 0.778. The van der Waals surface area contributed by atoms with Crippen LogP contribution in [0.4, 0.5) is 0 Å². The fraction of sp³-hybridized carbons (Fsp3) is 0.125. The summed E-state index contributed by atoms with van der Waals surface area (Å²) in [5, 5.41) is 0.437. The molecule has 0 fully saturated rings. The van der Waals surface area contributed by atoms with Gasteiger partial charge in [0, 0.05) is 12.0 Å². The zero-order chi connectivity index (χ0) is 10.1. The number of nitrogens with one attached hydrogen (secondary N) is 2. The average molecular weight is 256 g/mol. The molecule has 0 aromatic carbocycles. The molecule has 72 valence electrons. The number of halogens is 1. The predicted molar refractivity (Wildman–Crippen MR) is 54.2 cm³/mol. The number of H-pyrrole nitrogens is 2. The maximum absolute atomic E-state index is 11.4. The van der Waals surface area contributed by atoms with E-state index in [9.17, 15) is 9.59 Å². The molecule has 0 bridgehead atoms. The molecule has 2 N–H and O–H groups in total. The van der Waals surface area contributed by atoms with Gasteiger partial charge < -0.3 is 14.8 Å². The van der Waals surface area contributed by atoms with Crippen LogP contribution in [0.1, 0.15) is 5.56 Å². The highest BCUT2D eigenvalue weighted by Crippen LogP contribution is 2.21. The Hall–Kier alpha value is -1.43. The van der Waals surface area contributed by atoms with Crippen LogP contribution in [-0.2, 0) is 11.2 Å². The minimum Gasteiger partial charge on any atom is -0.334 e. The number of fused-ring (bicyclic) bond motifs is 1. The summed E-state index contributed by atoms with van der Waals surface area (Å²) in [7, 11) is 0. The number of rotatable bonds is 2. The van der Waals surface area contributed by atoms with Gasteiger partial charge in [-0.05, 0) is 15.9 Å². The molecule has 0 radical (unpaired) electrons. The number of aromatic nitrogens is 3. The molecule has 0 unspecified atom stereocenters. The second kappa shape index (κ2) is 3.38. The number of carbonyl (C=O) groups excluding carboxylic acids is 1. The van der Waals surface area contributed by atoms with Crippen molar-refractivity contribution in [2.45, 2.75) is 6.42 Å². The Balaban J connectivity index is 2.86. The van der Waals surface area contributed by atoms with Crippen molar-refractivity contribution >= 4 is 33.2 Å². The van der Waals surface area contributed by atoms with Gasteiger partial charge in [-0.25, -0.2) is 4.98 Å². The Labute approximate surface area is 86.7 Å². The second-order valence-corrected chi connectivity index (χ2v) is 3.54. The summed E-state index contributed by atoms with van der Waals surface area (Å²) in [6.07, 6.45) is 2.26. The van der Waals surface area contributed by atoms with Gasteiger partial charge in [0.05, 0.1) is 16.3 Å². The number of nitrogens with zero attached hydrogens (tertiary/aromatic N) is 1. The summed E-state index contributed by atoms with van der Waals surface area (Å²) in [6, 6.07) is 0. The average Bonchev–Trinajstić information content (AvgIpc) is 2.45. The smallest absolute Gasteiger partial charge is 0.260 e. The second-order valence-electron chi connectivity index (χ2n) is 2.74. The molecular weight excluding hydrogens is 250 g/mol. The third-order valence-electron chi connectivity index (χ3n) is 1.94. The van der Waals surface area contributed by atoms with Crippen LogP contribution in [0, 0.1) is 0 Å². The van der Waals surface area contributed by atoms with Gasteiger partial charge in [0.15, 0.2) is 0 Å². The maximum Gasteiger partial charge on any atom is 0.260 e. The first kappa shape index (κ1) is 9.14. The van der Waals surface area contributed by atoms with E-state index in [2.05, 4.69) is 30.9 Å². The maximum atomic E-state index is 11.4. The summed E-state index contributed by atoms with van der Waals surface area (Å²) in [4.78, 5) is 31.1. The largest absolute Gasteiger partial charge is 0.334 e. The van der Waals surface area contributed by atoms with Crippen LogP contribution < -0.4 is 5.56 Å². The highest BCUT2D eigenvalue weighted by Gasteiger charge is 2.12. The van der Waals surface area contributed by atoms with Gasteiger partial charge in [-0.1, -0.05) is 0 Å². The van der Waals surface area contributed by atoms with Crippen LogP contribution in [0.15, 0.2) is 15.7 Å². The van der Waals surface area contributed by atoms with E-state index in [1.165, 1.54) is 6.33 Å².